The van der Waals surface area contributed by atoms with Gasteiger partial charge in [0.15, 0.2) is 0 Å². The molecule has 1 aromatic heterocycles. The number of fused-ring (bicyclic) bond motifs is 1. The van der Waals surface area contributed by atoms with Gasteiger partial charge in [-0.3, -0.25) is 9.48 Å². The third-order valence-corrected chi connectivity index (χ3v) is 5.25. The molecule has 1 fully saturated rings. The van der Waals surface area contributed by atoms with Gasteiger partial charge in [-0.1, -0.05) is 35.9 Å². The van der Waals surface area contributed by atoms with Gasteiger partial charge in [0.1, 0.15) is 0 Å². The third-order valence-electron chi connectivity index (χ3n) is 4.93. The summed E-state index contributed by atoms with van der Waals surface area (Å²) in [6.07, 6.45) is 2.22. The van der Waals surface area contributed by atoms with Crippen LogP contribution >= 0.6 is 11.6 Å². The number of nitrogens with zero attached hydrogens (tertiary/aromatic N) is 4. The maximum absolute atomic E-state index is 12.6. The molecule has 0 saturated carbocycles. The number of piperazine rings is 1. The van der Waals surface area contributed by atoms with Crippen molar-refractivity contribution in [1.82, 2.24) is 14.7 Å². The maximum atomic E-state index is 12.6. The highest BCUT2D eigenvalue weighted by atomic mass is 35.5. The Balaban J connectivity index is 1.34. The van der Waals surface area contributed by atoms with E-state index in [-0.39, 0.29) is 5.91 Å². The van der Waals surface area contributed by atoms with Gasteiger partial charge in [0.25, 0.3) is 0 Å². The monoisotopic (exact) mass is 368 g/mol. The van der Waals surface area contributed by atoms with E-state index in [4.69, 9.17) is 11.6 Å². The maximum Gasteiger partial charge on any atom is 0.224 e. The van der Waals surface area contributed by atoms with Crippen LogP contribution in [-0.4, -0.2) is 46.8 Å². The van der Waals surface area contributed by atoms with E-state index in [1.807, 2.05) is 46.0 Å². The second kappa shape index (κ2) is 7.38. The van der Waals surface area contributed by atoms with Crippen molar-refractivity contribution in [2.45, 2.75) is 13.0 Å². The molecule has 1 aliphatic rings. The number of aromatic nitrogens is 2. The number of carbonyl (C=O) groups excluding carboxylic acids is 1. The standard InChI is InChI=1S/C20H21ClN4O/c21-18-7-4-8-19-17(18)15-22-25(19)10-9-20(26)24-13-11-23(12-14-24)16-5-2-1-3-6-16/h1-8,15H,9-14H2. The Labute approximate surface area is 157 Å². The van der Waals surface area contributed by atoms with Crippen LogP contribution in [0.15, 0.2) is 54.7 Å². The fourth-order valence-electron chi connectivity index (χ4n) is 3.46. The first-order valence-electron chi connectivity index (χ1n) is 8.90. The summed E-state index contributed by atoms with van der Waals surface area (Å²) in [7, 11) is 0. The van der Waals surface area contributed by atoms with Crippen LogP contribution in [0.5, 0.6) is 0 Å². The molecule has 26 heavy (non-hydrogen) atoms. The minimum absolute atomic E-state index is 0.184. The molecule has 6 heteroatoms. The van der Waals surface area contributed by atoms with Crippen LogP contribution in [0, 0.1) is 0 Å². The smallest absolute Gasteiger partial charge is 0.224 e. The van der Waals surface area contributed by atoms with Crippen LogP contribution in [-0.2, 0) is 11.3 Å². The Morgan fingerprint density at radius 3 is 2.54 bits per heavy atom. The van der Waals surface area contributed by atoms with Crippen molar-refractivity contribution in [3.05, 3.63) is 59.8 Å². The zero-order chi connectivity index (χ0) is 17.9. The summed E-state index contributed by atoms with van der Waals surface area (Å²) in [5, 5.41) is 6.00. The number of anilines is 1. The van der Waals surface area contributed by atoms with Crippen LogP contribution in [0.2, 0.25) is 5.02 Å². The van der Waals surface area contributed by atoms with Crippen LogP contribution in [0.1, 0.15) is 6.42 Å². The predicted octanol–water partition coefficient (Wildman–Crippen LogP) is 3.43. The molecule has 0 unspecified atom stereocenters. The number of hydrogen-bond acceptors (Lipinski definition) is 3. The zero-order valence-corrected chi connectivity index (χ0v) is 15.3. The van der Waals surface area contributed by atoms with E-state index in [0.29, 0.717) is 18.0 Å². The minimum atomic E-state index is 0.184. The fourth-order valence-corrected chi connectivity index (χ4v) is 3.68. The molecule has 1 saturated heterocycles. The molecule has 0 atom stereocenters. The molecule has 2 heterocycles. The zero-order valence-electron chi connectivity index (χ0n) is 14.5. The minimum Gasteiger partial charge on any atom is -0.368 e. The molecule has 0 aliphatic carbocycles. The van der Waals surface area contributed by atoms with Gasteiger partial charge in [-0.2, -0.15) is 5.10 Å². The normalized spacial score (nSPS) is 14.8. The summed E-state index contributed by atoms with van der Waals surface area (Å²) in [5.74, 6) is 0.184. The summed E-state index contributed by atoms with van der Waals surface area (Å²) >= 11 is 6.19. The lowest BCUT2D eigenvalue weighted by Gasteiger charge is -2.36. The van der Waals surface area contributed by atoms with Crippen molar-refractivity contribution < 1.29 is 4.79 Å². The van der Waals surface area contributed by atoms with Gasteiger partial charge < -0.3 is 9.80 Å². The van der Waals surface area contributed by atoms with Gasteiger partial charge in [-0.25, -0.2) is 0 Å². The first-order chi connectivity index (χ1) is 12.7. The van der Waals surface area contributed by atoms with E-state index < -0.39 is 0 Å². The van der Waals surface area contributed by atoms with Crippen molar-refractivity contribution >= 4 is 34.1 Å². The van der Waals surface area contributed by atoms with Crippen LogP contribution < -0.4 is 4.90 Å². The van der Waals surface area contributed by atoms with Crippen LogP contribution in [0.4, 0.5) is 5.69 Å². The largest absolute Gasteiger partial charge is 0.368 e. The SMILES string of the molecule is O=C(CCn1ncc2c(Cl)cccc21)N1CCN(c2ccccc2)CC1. The first kappa shape index (κ1) is 16.9. The molecular weight excluding hydrogens is 348 g/mol. The number of para-hydroxylation sites is 1. The van der Waals surface area contributed by atoms with Crippen molar-refractivity contribution in [2.75, 3.05) is 31.1 Å². The van der Waals surface area contributed by atoms with Gasteiger partial charge in [-0.15, -0.1) is 0 Å². The van der Waals surface area contributed by atoms with E-state index in [9.17, 15) is 4.79 Å². The number of aryl methyl sites for hydroxylation is 1. The molecule has 3 aromatic rings. The molecule has 0 spiro atoms. The van der Waals surface area contributed by atoms with Crippen molar-refractivity contribution in [3.8, 4) is 0 Å². The van der Waals surface area contributed by atoms with Crippen LogP contribution in [0.25, 0.3) is 10.9 Å². The van der Waals surface area contributed by atoms with E-state index >= 15 is 0 Å². The Morgan fingerprint density at radius 2 is 1.77 bits per heavy atom. The Hall–Kier alpha value is -2.53. The Kier molecular flexibility index (Phi) is 4.80. The lowest BCUT2D eigenvalue weighted by atomic mass is 10.2. The topological polar surface area (TPSA) is 41.4 Å². The number of hydrogen-bond donors (Lipinski definition) is 0. The van der Waals surface area contributed by atoms with Crippen molar-refractivity contribution in [1.29, 1.82) is 0 Å². The number of halogens is 1. The van der Waals surface area contributed by atoms with E-state index in [0.717, 1.165) is 37.1 Å². The van der Waals surface area contributed by atoms with E-state index in [2.05, 4.69) is 22.1 Å². The quantitative estimate of drug-likeness (QED) is 0.708. The third kappa shape index (κ3) is 3.40. The summed E-state index contributed by atoms with van der Waals surface area (Å²) in [5.41, 5.74) is 2.19. The number of benzene rings is 2. The molecule has 0 radical (unpaired) electrons. The van der Waals surface area contributed by atoms with Crippen molar-refractivity contribution in [2.24, 2.45) is 0 Å². The van der Waals surface area contributed by atoms with E-state index in [1.54, 1.807) is 6.20 Å². The predicted molar refractivity (Wildman–Crippen MR) is 105 cm³/mol. The molecule has 2 aromatic carbocycles. The molecule has 134 valence electrons. The molecular formula is C20H21ClN4O. The summed E-state index contributed by atoms with van der Waals surface area (Å²) in [6.45, 7) is 3.84. The average molecular weight is 369 g/mol. The summed E-state index contributed by atoms with van der Waals surface area (Å²) < 4.78 is 1.86. The molecule has 5 nitrogen and oxygen atoms in total. The molecule has 0 bridgehead atoms. The summed E-state index contributed by atoms with van der Waals surface area (Å²) in [4.78, 5) is 16.9. The highest BCUT2D eigenvalue weighted by Gasteiger charge is 2.21. The second-order valence-electron chi connectivity index (χ2n) is 6.49. The van der Waals surface area contributed by atoms with Gasteiger partial charge >= 0.3 is 0 Å². The highest BCUT2D eigenvalue weighted by Crippen LogP contribution is 2.23. The van der Waals surface area contributed by atoms with Gasteiger partial charge in [0.2, 0.25) is 5.91 Å². The lowest BCUT2D eigenvalue weighted by molar-refractivity contribution is -0.131. The second-order valence-corrected chi connectivity index (χ2v) is 6.90. The number of rotatable bonds is 4. The summed E-state index contributed by atoms with van der Waals surface area (Å²) in [6, 6.07) is 16.1. The number of carbonyl (C=O) groups is 1. The lowest BCUT2D eigenvalue weighted by Crippen LogP contribution is -2.48. The molecule has 4 rings (SSSR count). The molecule has 0 N–H and O–H groups in total. The Morgan fingerprint density at radius 1 is 1.00 bits per heavy atom. The van der Waals surface area contributed by atoms with E-state index in [1.165, 1.54) is 5.69 Å². The van der Waals surface area contributed by atoms with Crippen molar-refractivity contribution in [3.63, 3.8) is 0 Å². The molecule has 1 amide bonds. The number of amides is 1. The Bertz CT molecular complexity index is 901. The van der Waals surface area contributed by atoms with Gasteiger partial charge in [0, 0.05) is 43.7 Å². The first-order valence-corrected chi connectivity index (χ1v) is 9.28. The molecule has 1 aliphatic heterocycles. The van der Waals surface area contributed by atoms with Gasteiger partial charge in [0.05, 0.1) is 23.3 Å². The highest BCUT2D eigenvalue weighted by molar-refractivity contribution is 6.35. The average Bonchev–Trinajstić information content (AvgIpc) is 3.11. The fraction of sp³-hybridized carbons (Fsp3) is 0.300. The van der Waals surface area contributed by atoms with Crippen LogP contribution in [0.3, 0.4) is 0 Å². The van der Waals surface area contributed by atoms with Gasteiger partial charge in [-0.05, 0) is 24.3 Å².